The van der Waals surface area contributed by atoms with Gasteiger partial charge in [0.2, 0.25) is 0 Å². The molecule has 1 aliphatic heterocycles. The average molecular weight is 305 g/mol. The second kappa shape index (κ2) is 7.49. The standard InChI is InChI=1S/C17H21ClN2O/c1-13-4-3-10-20(11-8-13)17(21)15-7-6-14(5-2-9-19)16(18)12-15/h6-7,12-13H,3-4,8-11,19H2,1H3. The van der Waals surface area contributed by atoms with Gasteiger partial charge in [-0.3, -0.25) is 4.79 Å². The van der Waals surface area contributed by atoms with Gasteiger partial charge in [0.05, 0.1) is 11.6 Å². The zero-order valence-electron chi connectivity index (χ0n) is 12.4. The lowest BCUT2D eigenvalue weighted by molar-refractivity contribution is 0.0760. The van der Waals surface area contributed by atoms with Crippen LogP contribution in [-0.2, 0) is 0 Å². The van der Waals surface area contributed by atoms with Gasteiger partial charge in [-0.05, 0) is 43.4 Å². The van der Waals surface area contributed by atoms with Crippen LogP contribution in [-0.4, -0.2) is 30.4 Å². The maximum atomic E-state index is 12.5. The highest BCUT2D eigenvalue weighted by atomic mass is 35.5. The van der Waals surface area contributed by atoms with Crippen LogP contribution in [0.1, 0.15) is 42.1 Å². The highest BCUT2D eigenvalue weighted by Crippen LogP contribution is 2.21. The first-order chi connectivity index (χ1) is 10.1. The van der Waals surface area contributed by atoms with Crippen molar-refractivity contribution in [1.29, 1.82) is 0 Å². The SMILES string of the molecule is CC1CCCN(C(=O)c2ccc(C#CCN)c(Cl)c2)CC1. The van der Waals surface area contributed by atoms with Gasteiger partial charge in [0.1, 0.15) is 0 Å². The molecule has 112 valence electrons. The van der Waals surface area contributed by atoms with Gasteiger partial charge in [-0.2, -0.15) is 0 Å². The summed E-state index contributed by atoms with van der Waals surface area (Å²) in [5.74, 6) is 6.43. The number of nitrogens with two attached hydrogens (primary N) is 1. The maximum Gasteiger partial charge on any atom is 0.253 e. The van der Waals surface area contributed by atoms with Gasteiger partial charge in [-0.25, -0.2) is 0 Å². The van der Waals surface area contributed by atoms with E-state index in [1.54, 1.807) is 18.2 Å². The Bertz CT molecular complexity index is 574. The van der Waals surface area contributed by atoms with E-state index in [0.29, 0.717) is 28.6 Å². The fraction of sp³-hybridized carbons (Fsp3) is 0.471. The molecule has 1 aliphatic rings. The Balaban J connectivity index is 2.14. The van der Waals surface area contributed by atoms with E-state index in [-0.39, 0.29) is 5.91 Å². The van der Waals surface area contributed by atoms with Gasteiger partial charge in [0.25, 0.3) is 5.91 Å². The minimum absolute atomic E-state index is 0.0596. The summed E-state index contributed by atoms with van der Waals surface area (Å²) in [6.45, 7) is 4.20. The second-order valence-electron chi connectivity index (χ2n) is 5.53. The summed E-state index contributed by atoms with van der Waals surface area (Å²) in [5.41, 5.74) is 6.69. The molecule has 1 aromatic carbocycles. The third-order valence-corrected chi connectivity index (χ3v) is 4.16. The van der Waals surface area contributed by atoms with Crippen molar-refractivity contribution in [3.05, 3.63) is 34.3 Å². The van der Waals surface area contributed by atoms with Crippen LogP contribution in [0.2, 0.25) is 5.02 Å². The molecule has 4 heteroatoms. The molecule has 2 N–H and O–H groups in total. The van der Waals surface area contributed by atoms with Crippen LogP contribution >= 0.6 is 11.6 Å². The predicted octanol–water partition coefficient (Wildman–Crippen LogP) is 2.91. The number of rotatable bonds is 1. The first-order valence-corrected chi connectivity index (χ1v) is 7.77. The molecule has 1 saturated heterocycles. The number of amides is 1. The summed E-state index contributed by atoms with van der Waals surface area (Å²) in [6.07, 6.45) is 3.33. The molecule has 0 aromatic heterocycles. The van der Waals surface area contributed by atoms with Gasteiger partial charge in [-0.15, -0.1) is 0 Å². The summed E-state index contributed by atoms with van der Waals surface area (Å²) < 4.78 is 0. The quantitative estimate of drug-likeness (QED) is 0.811. The van der Waals surface area contributed by atoms with Crippen LogP contribution in [0.5, 0.6) is 0 Å². The summed E-state index contributed by atoms with van der Waals surface area (Å²) in [7, 11) is 0. The molecule has 0 aliphatic carbocycles. The van der Waals surface area contributed by atoms with E-state index in [4.69, 9.17) is 17.3 Å². The molecule has 1 aromatic rings. The molecule has 2 rings (SSSR count). The van der Waals surface area contributed by atoms with E-state index in [9.17, 15) is 4.79 Å². The van der Waals surface area contributed by atoms with Crippen molar-refractivity contribution in [2.75, 3.05) is 19.6 Å². The largest absolute Gasteiger partial charge is 0.339 e. The smallest absolute Gasteiger partial charge is 0.253 e. The highest BCUT2D eigenvalue weighted by Gasteiger charge is 2.20. The maximum absolute atomic E-state index is 12.5. The van der Waals surface area contributed by atoms with Gasteiger partial charge >= 0.3 is 0 Å². The van der Waals surface area contributed by atoms with Gasteiger partial charge in [0, 0.05) is 24.2 Å². The number of carbonyl (C=O) groups excluding carboxylic acids is 1. The molecule has 0 saturated carbocycles. The third-order valence-electron chi connectivity index (χ3n) is 3.85. The number of hydrogen-bond acceptors (Lipinski definition) is 2. The fourth-order valence-corrected chi connectivity index (χ4v) is 2.77. The predicted molar refractivity (Wildman–Crippen MR) is 86.3 cm³/mol. The Morgan fingerprint density at radius 2 is 2.24 bits per heavy atom. The summed E-state index contributed by atoms with van der Waals surface area (Å²) in [6, 6.07) is 5.29. The van der Waals surface area contributed by atoms with E-state index < -0.39 is 0 Å². The average Bonchev–Trinajstić information content (AvgIpc) is 2.70. The van der Waals surface area contributed by atoms with Crippen LogP contribution in [0.4, 0.5) is 0 Å². The molecule has 0 bridgehead atoms. The number of nitrogens with zero attached hydrogens (tertiary/aromatic N) is 1. The molecule has 1 atom stereocenters. The van der Waals surface area contributed by atoms with Crippen molar-refractivity contribution in [1.82, 2.24) is 4.90 Å². The highest BCUT2D eigenvalue weighted by molar-refractivity contribution is 6.32. The molecule has 1 amide bonds. The van der Waals surface area contributed by atoms with Gasteiger partial charge < -0.3 is 10.6 Å². The topological polar surface area (TPSA) is 46.3 Å². The van der Waals surface area contributed by atoms with Crippen molar-refractivity contribution in [3.63, 3.8) is 0 Å². The molecule has 3 nitrogen and oxygen atoms in total. The van der Waals surface area contributed by atoms with E-state index in [2.05, 4.69) is 18.8 Å². The molecule has 1 unspecified atom stereocenters. The van der Waals surface area contributed by atoms with Gasteiger partial charge in [-0.1, -0.05) is 30.4 Å². The first kappa shape index (κ1) is 15.9. The summed E-state index contributed by atoms with van der Waals surface area (Å²) >= 11 is 6.19. The summed E-state index contributed by atoms with van der Waals surface area (Å²) in [4.78, 5) is 14.5. The molecule has 1 fully saturated rings. The molecular formula is C17H21ClN2O. The van der Waals surface area contributed by atoms with Crippen molar-refractivity contribution in [2.24, 2.45) is 11.7 Å². The lowest BCUT2D eigenvalue weighted by Crippen LogP contribution is -2.32. The van der Waals surface area contributed by atoms with E-state index >= 15 is 0 Å². The number of halogens is 1. The number of benzene rings is 1. The van der Waals surface area contributed by atoms with Crippen molar-refractivity contribution in [3.8, 4) is 11.8 Å². The van der Waals surface area contributed by atoms with Crippen molar-refractivity contribution >= 4 is 17.5 Å². The molecule has 1 heterocycles. The number of hydrogen-bond donors (Lipinski definition) is 1. The molecular weight excluding hydrogens is 284 g/mol. The van der Waals surface area contributed by atoms with Crippen LogP contribution < -0.4 is 5.73 Å². The Hall–Kier alpha value is -1.50. The molecule has 21 heavy (non-hydrogen) atoms. The third kappa shape index (κ3) is 4.23. The second-order valence-corrected chi connectivity index (χ2v) is 5.94. The lowest BCUT2D eigenvalue weighted by atomic mass is 10.0. The monoisotopic (exact) mass is 304 g/mol. The Kier molecular flexibility index (Phi) is 5.67. The Morgan fingerprint density at radius 1 is 1.43 bits per heavy atom. The summed E-state index contributed by atoms with van der Waals surface area (Å²) in [5, 5.41) is 0.505. The zero-order chi connectivity index (χ0) is 15.2. The zero-order valence-corrected chi connectivity index (χ0v) is 13.1. The minimum atomic E-state index is 0.0596. The molecule has 0 spiro atoms. The minimum Gasteiger partial charge on any atom is -0.339 e. The molecule has 0 radical (unpaired) electrons. The Labute approximate surface area is 131 Å². The number of likely N-dealkylation sites (tertiary alicyclic amines) is 1. The van der Waals surface area contributed by atoms with E-state index in [1.807, 2.05) is 4.90 Å². The van der Waals surface area contributed by atoms with E-state index in [0.717, 1.165) is 25.9 Å². The van der Waals surface area contributed by atoms with Crippen LogP contribution in [0, 0.1) is 17.8 Å². The fourth-order valence-electron chi connectivity index (χ4n) is 2.54. The normalized spacial score (nSPS) is 18.6. The lowest BCUT2D eigenvalue weighted by Gasteiger charge is -2.20. The Morgan fingerprint density at radius 3 is 2.95 bits per heavy atom. The van der Waals surface area contributed by atoms with Crippen LogP contribution in [0.25, 0.3) is 0 Å². The van der Waals surface area contributed by atoms with E-state index in [1.165, 1.54) is 6.42 Å². The first-order valence-electron chi connectivity index (χ1n) is 7.39. The van der Waals surface area contributed by atoms with Gasteiger partial charge in [0.15, 0.2) is 0 Å². The van der Waals surface area contributed by atoms with Crippen LogP contribution in [0.15, 0.2) is 18.2 Å². The van der Waals surface area contributed by atoms with Crippen molar-refractivity contribution < 1.29 is 4.79 Å². The number of carbonyl (C=O) groups is 1. The van der Waals surface area contributed by atoms with Crippen LogP contribution in [0.3, 0.4) is 0 Å². The van der Waals surface area contributed by atoms with Crippen molar-refractivity contribution in [2.45, 2.75) is 26.2 Å².